The van der Waals surface area contributed by atoms with Crippen molar-refractivity contribution in [3.63, 3.8) is 0 Å². The van der Waals surface area contributed by atoms with Gasteiger partial charge in [-0.2, -0.15) is 13.2 Å². The zero-order chi connectivity index (χ0) is 20.9. The van der Waals surface area contributed by atoms with Crippen LogP contribution in [0.1, 0.15) is 23.2 Å². The normalized spacial score (nSPS) is 11.4. The Labute approximate surface area is 171 Å². The van der Waals surface area contributed by atoms with Crippen LogP contribution in [-0.4, -0.2) is 22.4 Å². The van der Waals surface area contributed by atoms with E-state index in [0.29, 0.717) is 30.0 Å². The minimum atomic E-state index is -4.35. The van der Waals surface area contributed by atoms with Gasteiger partial charge < -0.3 is 10.3 Å². The number of aromatic nitrogens is 2. The van der Waals surface area contributed by atoms with Gasteiger partial charge >= 0.3 is 6.18 Å². The maximum Gasteiger partial charge on any atom is 0.416 e. The summed E-state index contributed by atoms with van der Waals surface area (Å²) < 4.78 is 37.7. The Morgan fingerprint density at radius 3 is 2.38 bits per heavy atom. The largest absolute Gasteiger partial charge is 0.416 e. The lowest BCUT2D eigenvalue weighted by Crippen LogP contribution is -2.25. The van der Waals surface area contributed by atoms with Crippen LogP contribution in [0.25, 0.3) is 11.4 Å². The molecule has 0 unspecified atom stereocenters. The molecule has 0 aliphatic heterocycles. The van der Waals surface area contributed by atoms with Crippen LogP contribution in [0.5, 0.6) is 0 Å². The first-order chi connectivity index (χ1) is 13.8. The van der Waals surface area contributed by atoms with Gasteiger partial charge in [0.15, 0.2) is 0 Å². The number of rotatable bonds is 7. The monoisotopic (exact) mass is 421 g/mol. The molecule has 0 saturated heterocycles. The van der Waals surface area contributed by atoms with Gasteiger partial charge in [-0.15, -0.1) is 0 Å². The SMILES string of the molecule is O=C(CCc1ccc(C(F)(F)F)cc1)NCCc1cnc(-c2ccc(Cl)cc2)[nH]1. The summed E-state index contributed by atoms with van der Waals surface area (Å²) in [4.78, 5) is 19.5. The summed E-state index contributed by atoms with van der Waals surface area (Å²) in [7, 11) is 0. The van der Waals surface area contributed by atoms with E-state index in [1.165, 1.54) is 12.1 Å². The Hall–Kier alpha value is -2.80. The predicted molar refractivity (Wildman–Crippen MR) is 106 cm³/mol. The molecule has 1 aromatic heterocycles. The molecule has 4 nitrogen and oxygen atoms in total. The predicted octanol–water partition coefficient (Wildman–Crippen LogP) is 5.04. The highest BCUT2D eigenvalue weighted by molar-refractivity contribution is 6.30. The molecule has 2 N–H and O–H groups in total. The van der Waals surface area contributed by atoms with Gasteiger partial charge in [0.1, 0.15) is 5.82 Å². The van der Waals surface area contributed by atoms with Gasteiger partial charge in [-0.25, -0.2) is 4.98 Å². The number of nitrogens with one attached hydrogen (secondary N) is 2. The molecule has 0 aliphatic rings. The molecule has 0 atom stereocenters. The standard InChI is InChI=1S/C21H19ClF3N3O/c22-17-8-4-15(5-9-17)20-27-13-18(28-20)11-12-26-19(29)10-3-14-1-6-16(7-2-14)21(23,24)25/h1-2,4-9,13H,3,10-12H2,(H,26,29)(H,27,28). The summed E-state index contributed by atoms with van der Waals surface area (Å²) in [6.07, 6.45) is -1.44. The van der Waals surface area contributed by atoms with Gasteiger partial charge in [-0.05, 0) is 48.4 Å². The molecule has 8 heteroatoms. The van der Waals surface area contributed by atoms with Crippen LogP contribution in [-0.2, 0) is 23.8 Å². The van der Waals surface area contributed by atoms with Gasteiger partial charge in [0.2, 0.25) is 5.91 Å². The van der Waals surface area contributed by atoms with Crippen molar-refractivity contribution in [1.82, 2.24) is 15.3 Å². The first-order valence-corrected chi connectivity index (χ1v) is 9.42. The Kier molecular flexibility index (Phi) is 6.59. The van der Waals surface area contributed by atoms with Gasteiger partial charge in [-0.3, -0.25) is 4.79 Å². The van der Waals surface area contributed by atoms with Crippen molar-refractivity contribution in [1.29, 1.82) is 0 Å². The number of hydrogen-bond donors (Lipinski definition) is 2. The molecule has 0 radical (unpaired) electrons. The fourth-order valence-electron chi connectivity index (χ4n) is 2.78. The van der Waals surface area contributed by atoms with E-state index in [2.05, 4.69) is 15.3 Å². The number of amides is 1. The van der Waals surface area contributed by atoms with Crippen molar-refractivity contribution in [3.8, 4) is 11.4 Å². The van der Waals surface area contributed by atoms with E-state index < -0.39 is 11.7 Å². The highest BCUT2D eigenvalue weighted by Crippen LogP contribution is 2.29. The minimum Gasteiger partial charge on any atom is -0.356 e. The lowest BCUT2D eigenvalue weighted by molar-refractivity contribution is -0.137. The van der Waals surface area contributed by atoms with Crippen LogP contribution >= 0.6 is 11.6 Å². The first-order valence-electron chi connectivity index (χ1n) is 9.04. The molecule has 29 heavy (non-hydrogen) atoms. The lowest BCUT2D eigenvalue weighted by Gasteiger charge is -2.08. The van der Waals surface area contributed by atoms with Crippen LogP contribution in [0.15, 0.2) is 54.7 Å². The van der Waals surface area contributed by atoms with Crippen LogP contribution in [0.3, 0.4) is 0 Å². The van der Waals surface area contributed by atoms with Crippen molar-refractivity contribution in [2.45, 2.75) is 25.4 Å². The fraction of sp³-hybridized carbons (Fsp3) is 0.238. The van der Waals surface area contributed by atoms with Crippen LogP contribution in [0.2, 0.25) is 5.02 Å². The zero-order valence-electron chi connectivity index (χ0n) is 15.4. The summed E-state index contributed by atoms with van der Waals surface area (Å²) in [6, 6.07) is 12.2. The number of halogens is 4. The number of benzene rings is 2. The number of hydrogen-bond acceptors (Lipinski definition) is 2. The number of imidazole rings is 1. The van der Waals surface area contributed by atoms with Crippen molar-refractivity contribution in [2.24, 2.45) is 0 Å². The number of nitrogens with zero attached hydrogens (tertiary/aromatic N) is 1. The van der Waals surface area contributed by atoms with Gasteiger partial charge in [0, 0.05) is 41.9 Å². The zero-order valence-corrected chi connectivity index (χ0v) is 16.1. The second-order valence-electron chi connectivity index (χ2n) is 6.56. The summed E-state index contributed by atoms with van der Waals surface area (Å²) in [6.45, 7) is 0.439. The summed E-state index contributed by atoms with van der Waals surface area (Å²) in [5.74, 6) is 0.577. The third-order valence-corrected chi connectivity index (χ3v) is 4.64. The van der Waals surface area contributed by atoms with E-state index in [-0.39, 0.29) is 12.3 Å². The molecule has 152 valence electrons. The van der Waals surface area contributed by atoms with E-state index in [9.17, 15) is 18.0 Å². The maximum absolute atomic E-state index is 12.6. The van der Waals surface area contributed by atoms with Crippen molar-refractivity contribution < 1.29 is 18.0 Å². The highest BCUT2D eigenvalue weighted by Gasteiger charge is 2.29. The third kappa shape index (κ3) is 6.09. The smallest absolute Gasteiger partial charge is 0.356 e. The second-order valence-corrected chi connectivity index (χ2v) is 7.00. The number of alkyl halides is 3. The van der Waals surface area contributed by atoms with E-state index in [0.717, 1.165) is 29.2 Å². The van der Waals surface area contributed by atoms with Crippen molar-refractivity contribution in [3.05, 3.63) is 76.6 Å². The number of aromatic amines is 1. The maximum atomic E-state index is 12.6. The summed E-state index contributed by atoms with van der Waals surface area (Å²) in [5.41, 5.74) is 1.80. The Morgan fingerprint density at radius 1 is 1.03 bits per heavy atom. The van der Waals surface area contributed by atoms with Gasteiger partial charge in [0.05, 0.1) is 5.56 Å². The summed E-state index contributed by atoms with van der Waals surface area (Å²) in [5, 5.41) is 3.46. The van der Waals surface area contributed by atoms with Crippen LogP contribution in [0, 0.1) is 0 Å². The molecular formula is C21H19ClF3N3O. The highest BCUT2D eigenvalue weighted by atomic mass is 35.5. The van der Waals surface area contributed by atoms with Crippen molar-refractivity contribution in [2.75, 3.05) is 6.54 Å². The van der Waals surface area contributed by atoms with E-state index in [1.807, 2.05) is 12.1 Å². The van der Waals surface area contributed by atoms with Gasteiger partial charge in [-0.1, -0.05) is 23.7 Å². The first kappa shape index (κ1) is 20.9. The summed E-state index contributed by atoms with van der Waals surface area (Å²) >= 11 is 5.88. The lowest BCUT2D eigenvalue weighted by atomic mass is 10.1. The average Bonchev–Trinajstić information content (AvgIpc) is 3.15. The molecule has 0 bridgehead atoms. The molecule has 3 aromatic rings. The molecule has 1 amide bonds. The third-order valence-electron chi connectivity index (χ3n) is 4.38. The Balaban J connectivity index is 1.41. The molecule has 2 aromatic carbocycles. The van der Waals surface area contributed by atoms with Crippen LogP contribution < -0.4 is 5.32 Å². The van der Waals surface area contributed by atoms with Crippen molar-refractivity contribution >= 4 is 17.5 Å². The number of aryl methyl sites for hydroxylation is 1. The minimum absolute atomic E-state index is 0.151. The Bertz CT molecular complexity index is 951. The second kappa shape index (κ2) is 9.13. The molecule has 1 heterocycles. The average molecular weight is 422 g/mol. The number of carbonyl (C=O) groups excluding carboxylic acids is 1. The van der Waals surface area contributed by atoms with Gasteiger partial charge in [0.25, 0.3) is 0 Å². The molecule has 0 aliphatic carbocycles. The quantitative estimate of drug-likeness (QED) is 0.561. The molecule has 0 fully saturated rings. The van der Waals surface area contributed by atoms with E-state index in [4.69, 9.17) is 11.6 Å². The van der Waals surface area contributed by atoms with Crippen LogP contribution in [0.4, 0.5) is 13.2 Å². The molecule has 0 spiro atoms. The fourth-order valence-corrected chi connectivity index (χ4v) is 2.91. The van der Waals surface area contributed by atoms with E-state index in [1.54, 1.807) is 18.3 Å². The number of H-pyrrole nitrogens is 1. The number of carbonyl (C=O) groups is 1. The molecule has 0 saturated carbocycles. The molecule has 3 rings (SSSR count). The molecular weight excluding hydrogens is 403 g/mol. The Morgan fingerprint density at radius 2 is 1.72 bits per heavy atom. The topological polar surface area (TPSA) is 57.8 Å². The van der Waals surface area contributed by atoms with E-state index >= 15 is 0 Å².